The number of hydrogen-bond donors (Lipinski definition) is 1. The topological polar surface area (TPSA) is 79.3 Å². The van der Waals surface area contributed by atoms with Gasteiger partial charge in [-0.05, 0) is 85.8 Å². The molecule has 5 nitrogen and oxygen atoms in total. The smallest absolute Gasteiger partial charge is 0.161 e. The highest BCUT2D eigenvalue weighted by Crippen LogP contribution is 2.47. The quantitative estimate of drug-likeness (QED) is 0.353. The van der Waals surface area contributed by atoms with E-state index in [1.807, 2.05) is 44.2 Å². The molecular weight excluding hydrogens is 545 g/mol. The van der Waals surface area contributed by atoms with Gasteiger partial charge in [0.2, 0.25) is 0 Å². The van der Waals surface area contributed by atoms with Crippen molar-refractivity contribution in [3.8, 4) is 11.8 Å². The average molecular weight is 572 g/mol. The van der Waals surface area contributed by atoms with Crippen LogP contribution >= 0.6 is 15.9 Å². The van der Waals surface area contributed by atoms with Crippen LogP contribution in [0, 0.1) is 31.0 Å². The Morgan fingerprint density at radius 3 is 2.61 bits per heavy atom. The van der Waals surface area contributed by atoms with Crippen LogP contribution in [0.5, 0.6) is 5.75 Å². The molecule has 192 valence electrons. The molecule has 0 amide bonds. The normalized spacial score (nSPS) is 17.4. The van der Waals surface area contributed by atoms with E-state index in [4.69, 9.17) is 10.5 Å². The van der Waals surface area contributed by atoms with Gasteiger partial charge in [0.05, 0.1) is 23.2 Å². The first-order chi connectivity index (χ1) is 18.3. The number of nitrogens with zero attached hydrogens (tertiary/aromatic N) is 2. The molecule has 0 fully saturated rings. The van der Waals surface area contributed by atoms with Crippen LogP contribution in [0.15, 0.2) is 87.8 Å². The van der Waals surface area contributed by atoms with Crippen molar-refractivity contribution in [3.63, 3.8) is 0 Å². The molecule has 1 aliphatic heterocycles. The number of aryl methyl sites for hydroxylation is 1. The Morgan fingerprint density at radius 2 is 1.89 bits per heavy atom. The highest BCUT2D eigenvalue weighted by Gasteiger charge is 2.41. The number of nitriles is 1. The fourth-order valence-electron chi connectivity index (χ4n) is 5.41. The standard InChI is InChI=1S/C31H27BrFN3O2/c1-18-13-20(17-38-24-11-9-21(32)10-12-24)19(2)25(14-18)29-26(16-34)31(35)36(23-6-3-5-22(33)15-23)27-7-4-8-28(37)30(27)29/h3,5-6,9-15,29H,4,7-8,17,35H2,1-2H3. The van der Waals surface area contributed by atoms with Crippen molar-refractivity contribution in [2.45, 2.75) is 45.6 Å². The van der Waals surface area contributed by atoms with Crippen LogP contribution in [0.2, 0.25) is 0 Å². The van der Waals surface area contributed by atoms with Gasteiger partial charge in [0, 0.05) is 22.2 Å². The third-order valence-corrected chi connectivity index (χ3v) is 7.73. The van der Waals surface area contributed by atoms with Crippen molar-refractivity contribution < 1.29 is 13.9 Å². The van der Waals surface area contributed by atoms with Crippen molar-refractivity contribution in [1.82, 2.24) is 0 Å². The molecule has 7 heteroatoms. The van der Waals surface area contributed by atoms with Gasteiger partial charge in [-0.15, -0.1) is 0 Å². The number of ether oxygens (including phenoxy) is 1. The fraction of sp³-hybridized carbons (Fsp3) is 0.226. The Labute approximate surface area is 230 Å². The van der Waals surface area contributed by atoms with E-state index in [2.05, 4.69) is 28.1 Å². The Bertz CT molecular complexity index is 1540. The zero-order valence-electron chi connectivity index (χ0n) is 21.2. The molecule has 1 heterocycles. The maximum Gasteiger partial charge on any atom is 0.161 e. The van der Waals surface area contributed by atoms with E-state index in [-0.39, 0.29) is 17.2 Å². The third-order valence-electron chi connectivity index (χ3n) is 7.20. The number of hydrogen-bond acceptors (Lipinski definition) is 5. The molecule has 3 aromatic carbocycles. The highest BCUT2D eigenvalue weighted by atomic mass is 79.9. The second-order valence-electron chi connectivity index (χ2n) is 9.68. The lowest BCUT2D eigenvalue weighted by Crippen LogP contribution is -2.39. The molecule has 1 atom stereocenters. The lowest BCUT2D eigenvalue weighted by molar-refractivity contribution is -0.116. The number of carbonyl (C=O) groups excluding carboxylic acids is 1. The minimum Gasteiger partial charge on any atom is -0.489 e. The van der Waals surface area contributed by atoms with E-state index in [9.17, 15) is 14.4 Å². The second kappa shape index (κ2) is 10.5. The van der Waals surface area contributed by atoms with Crippen molar-refractivity contribution in [1.29, 1.82) is 5.26 Å². The van der Waals surface area contributed by atoms with Gasteiger partial charge in [-0.3, -0.25) is 9.69 Å². The van der Waals surface area contributed by atoms with Crippen molar-refractivity contribution in [2.24, 2.45) is 5.73 Å². The first kappa shape index (κ1) is 25.7. The van der Waals surface area contributed by atoms with E-state index in [1.165, 1.54) is 12.1 Å². The number of rotatable bonds is 5. The van der Waals surface area contributed by atoms with Gasteiger partial charge in [-0.2, -0.15) is 5.26 Å². The number of carbonyl (C=O) groups is 1. The molecule has 38 heavy (non-hydrogen) atoms. The van der Waals surface area contributed by atoms with E-state index < -0.39 is 11.7 Å². The molecule has 0 saturated heterocycles. The molecule has 0 radical (unpaired) electrons. The molecule has 0 saturated carbocycles. The van der Waals surface area contributed by atoms with E-state index in [0.717, 1.165) is 38.2 Å². The summed E-state index contributed by atoms with van der Waals surface area (Å²) in [5, 5.41) is 10.3. The number of Topliss-reactive ketones (excluding diaryl/α,β-unsaturated/α-hetero) is 1. The van der Waals surface area contributed by atoms with Crippen LogP contribution in [0.25, 0.3) is 0 Å². The first-order valence-electron chi connectivity index (χ1n) is 12.5. The molecule has 0 aromatic heterocycles. The van der Waals surface area contributed by atoms with Gasteiger partial charge in [0.25, 0.3) is 0 Å². The zero-order valence-corrected chi connectivity index (χ0v) is 22.8. The number of nitrogens with two attached hydrogens (primary N) is 1. The predicted molar refractivity (Wildman–Crippen MR) is 149 cm³/mol. The van der Waals surface area contributed by atoms with E-state index in [0.29, 0.717) is 37.1 Å². The van der Waals surface area contributed by atoms with Gasteiger partial charge >= 0.3 is 0 Å². The lowest BCUT2D eigenvalue weighted by atomic mass is 9.73. The largest absolute Gasteiger partial charge is 0.489 e. The predicted octanol–water partition coefficient (Wildman–Crippen LogP) is 7.09. The van der Waals surface area contributed by atoms with Crippen LogP contribution in [0.4, 0.5) is 10.1 Å². The van der Waals surface area contributed by atoms with Crippen molar-refractivity contribution in [3.05, 3.63) is 116 Å². The minimum atomic E-state index is -0.598. The summed E-state index contributed by atoms with van der Waals surface area (Å²) in [7, 11) is 0. The maximum absolute atomic E-state index is 14.2. The summed E-state index contributed by atoms with van der Waals surface area (Å²) in [5.74, 6) is -0.0472. The van der Waals surface area contributed by atoms with Crippen molar-refractivity contribution in [2.75, 3.05) is 4.90 Å². The Balaban J connectivity index is 1.63. The van der Waals surface area contributed by atoms with Crippen LogP contribution < -0.4 is 15.4 Å². The van der Waals surface area contributed by atoms with E-state index in [1.54, 1.807) is 17.0 Å². The molecule has 5 rings (SSSR count). The van der Waals surface area contributed by atoms with Crippen LogP contribution in [0.3, 0.4) is 0 Å². The third kappa shape index (κ3) is 4.72. The Kier molecular flexibility index (Phi) is 7.09. The Hall–Kier alpha value is -3.89. The monoisotopic (exact) mass is 571 g/mol. The molecule has 3 aromatic rings. The molecule has 2 N–H and O–H groups in total. The lowest BCUT2D eigenvalue weighted by Gasteiger charge is -2.40. The summed E-state index contributed by atoms with van der Waals surface area (Å²) < 4.78 is 21.2. The Morgan fingerprint density at radius 1 is 1.13 bits per heavy atom. The summed E-state index contributed by atoms with van der Waals surface area (Å²) in [6.07, 6.45) is 1.68. The molecular formula is C31H27BrFN3O2. The first-order valence-corrected chi connectivity index (χ1v) is 13.3. The van der Waals surface area contributed by atoms with Crippen LogP contribution in [-0.4, -0.2) is 5.78 Å². The number of ketones is 1. The van der Waals surface area contributed by atoms with Gasteiger partial charge in [-0.1, -0.05) is 39.7 Å². The number of benzene rings is 3. The molecule has 1 aliphatic carbocycles. The molecule has 0 spiro atoms. The maximum atomic E-state index is 14.2. The molecule has 1 unspecified atom stereocenters. The fourth-order valence-corrected chi connectivity index (χ4v) is 5.68. The summed E-state index contributed by atoms with van der Waals surface area (Å²) >= 11 is 3.44. The summed E-state index contributed by atoms with van der Waals surface area (Å²) in [4.78, 5) is 15.2. The van der Waals surface area contributed by atoms with Gasteiger partial charge in [-0.25, -0.2) is 4.39 Å². The zero-order chi connectivity index (χ0) is 27.0. The van der Waals surface area contributed by atoms with E-state index >= 15 is 0 Å². The second-order valence-corrected chi connectivity index (χ2v) is 10.6. The summed E-state index contributed by atoms with van der Waals surface area (Å²) in [6, 6.07) is 20.1. The molecule has 2 aliphatic rings. The van der Waals surface area contributed by atoms with Gasteiger partial charge in [0.1, 0.15) is 24.0 Å². The minimum absolute atomic E-state index is 0.00790. The van der Waals surface area contributed by atoms with Gasteiger partial charge < -0.3 is 10.5 Å². The van der Waals surface area contributed by atoms with Crippen LogP contribution in [-0.2, 0) is 11.4 Å². The summed E-state index contributed by atoms with van der Waals surface area (Å²) in [6.45, 7) is 4.32. The number of allylic oxidation sites excluding steroid dienone is 3. The number of anilines is 1. The van der Waals surface area contributed by atoms with Crippen LogP contribution in [0.1, 0.15) is 47.4 Å². The number of halogens is 2. The summed E-state index contributed by atoms with van der Waals surface area (Å²) in [5.41, 5.74) is 12.5. The SMILES string of the molecule is Cc1cc(COc2ccc(Br)cc2)c(C)c(C2C(C#N)=C(N)N(c3cccc(F)c3)C3=C2C(=O)CCC3)c1. The van der Waals surface area contributed by atoms with Gasteiger partial charge in [0.15, 0.2) is 5.78 Å². The van der Waals surface area contributed by atoms with Crippen molar-refractivity contribution >= 4 is 27.4 Å². The average Bonchev–Trinajstić information content (AvgIpc) is 2.89. The highest BCUT2D eigenvalue weighted by molar-refractivity contribution is 9.10. The molecule has 0 bridgehead atoms.